The number of hydrogen-bond donors (Lipinski definition) is 2. The number of halogens is 1. The summed E-state index contributed by atoms with van der Waals surface area (Å²) in [6, 6.07) is 0. The van der Waals surface area contributed by atoms with Gasteiger partial charge in [0.1, 0.15) is 5.69 Å². The highest BCUT2D eigenvalue weighted by Gasteiger charge is 2.00. The lowest BCUT2D eigenvalue weighted by atomic mass is 10.4. The number of nitrogens with zero attached hydrogens (tertiary/aromatic N) is 4. The van der Waals surface area contributed by atoms with Crippen molar-refractivity contribution in [3.8, 4) is 0 Å². The first-order chi connectivity index (χ1) is 7.30. The molecular weight excluding hydrogens is 319 g/mol. The molecule has 0 saturated heterocycles. The van der Waals surface area contributed by atoms with E-state index < -0.39 is 0 Å². The van der Waals surface area contributed by atoms with Crippen molar-refractivity contribution in [3.05, 3.63) is 24.5 Å². The van der Waals surface area contributed by atoms with Crippen LogP contribution in [0.1, 0.15) is 5.69 Å². The third kappa shape index (κ3) is 4.60. The summed E-state index contributed by atoms with van der Waals surface area (Å²) < 4.78 is 1.73. The molecule has 0 saturated carbocycles. The van der Waals surface area contributed by atoms with Crippen molar-refractivity contribution in [2.45, 2.75) is 13.1 Å². The summed E-state index contributed by atoms with van der Waals surface area (Å²) in [6.45, 7) is 4.91. The van der Waals surface area contributed by atoms with Gasteiger partial charge in [-0.05, 0) is 0 Å². The number of hydrogen-bond acceptors (Lipinski definition) is 3. The van der Waals surface area contributed by atoms with E-state index in [9.17, 15) is 0 Å². The Hall–Kier alpha value is -1.12. The minimum Gasteiger partial charge on any atom is -0.359 e. The molecule has 1 rings (SSSR count). The molecule has 1 heterocycles. The normalized spacial score (nSPS) is 10.5. The molecule has 0 aliphatic rings. The molecule has 0 aliphatic heterocycles. The highest BCUT2D eigenvalue weighted by atomic mass is 127. The summed E-state index contributed by atoms with van der Waals surface area (Å²) in [7, 11) is 3.53. The smallest absolute Gasteiger partial charge is 0.191 e. The van der Waals surface area contributed by atoms with Gasteiger partial charge in [-0.3, -0.25) is 4.99 Å². The molecule has 1 aromatic rings. The van der Waals surface area contributed by atoms with Gasteiger partial charge in [0.25, 0.3) is 0 Å². The van der Waals surface area contributed by atoms with Gasteiger partial charge >= 0.3 is 0 Å². The Balaban J connectivity index is 0.00000225. The zero-order valence-electron chi connectivity index (χ0n) is 9.47. The first kappa shape index (κ1) is 14.9. The van der Waals surface area contributed by atoms with Gasteiger partial charge in [0, 0.05) is 14.1 Å². The van der Waals surface area contributed by atoms with Gasteiger partial charge in [0.15, 0.2) is 5.96 Å². The van der Waals surface area contributed by atoms with E-state index in [1.807, 2.05) is 13.2 Å². The molecule has 7 heteroatoms. The van der Waals surface area contributed by atoms with Crippen LogP contribution in [0.4, 0.5) is 0 Å². The van der Waals surface area contributed by atoms with Gasteiger partial charge in [0.05, 0.1) is 19.3 Å². The predicted octanol–water partition coefficient (Wildman–Crippen LogP) is 0.377. The van der Waals surface area contributed by atoms with Crippen molar-refractivity contribution in [1.82, 2.24) is 25.6 Å². The van der Waals surface area contributed by atoms with Crippen LogP contribution in [0.25, 0.3) is 0 Å². The molecule has 90 valence electrons. The summed E-state index contributed by atoms with van der Waals surface area (Å²) in [5.41, 5.74) is 0.869. The maximum Gasteiger partial charge on any atom is 0.191 e. The molecule has 0 aliphatic carbocycles. The SMILES string of the molecule is C=CCn1cc(CNC(=NC)NC)nn1.I. The Bertz CT molecular complexity index is 346. The minimum absolute atomic E-state index is 0. The van der Waals surface area contributed by atoms with E-state index in [0.29, 0.717) is 13.1 Å². The van der Waals surface area contributed by atoms with Crippen molar-refractivity contribution < 1.29 is 0 Å². The van der Waals surface area contributed by atoms with E-state index in [0.717, 1.165) is 11.7 Å². The number of rotatable bonds is 4. The Morgan fingerprint density at radius 1 is 1.69 bits per heavy atom. The molecule has 1 aromatic heterocycles. The second kappa shape index (κ2) is 8.08. The lowest BCUT2D eigenvalue weighted by molar-refractivity contribution is 0.661. The van der Waals surface area contributed by atoms with Gasteiger partial charge in [-0.1, -0.05) is 11.3 Å². The molecule has 0 aromatic carbocycles. The van der Waals surface area contributed by atoms with Crippen LogP contribution < -0.4 is 10.6 Å². The van der Waals surface area contributed by atoms with Crippen LogP contribution in [0.15, 0.2) is 23.8 Å². The van der Waals surface area contributed by atoms with Crippen molar-refractivity contribution in [2.24, 2.45) is 4.99 Å². The van der Waals surface area contributed by atoms with Crippen LogP contribution in [0.3, 0.4) is 0 Å². The van der Waals surface area contributed by atoms with Crippen molar-refractivity contribution >= 4 is 29.9 Å². The van der Waals surface area contributed by atoms with E-state index in [2.05, 4.69) is 32.5 Å². The average molecular weight is 336 g/mol. The van der Waals surface area contributed by atoms with Crippen LogP contribution in [-0.2, 0) is 13.1 Å². The standard InChI is InChI=1S/C9H16N6.HI/c1-4-5-15-7-8(13-14-15)6-12-9(10-2)11-3;/h4,7H,1,5-6H2,2-3H3,(H2,10,11,12);1H. The Kier molecular flexibility index (Phi) is 7.52. The van der Waals surface area contributed by atoms with E-state index in [1.54, 1.807) is 17.8 Å². The molecule has 0 spiro atoms. The molecule has 6 nitrogen and oxygen atoms in total. The number of allylic oxidation sites excluding steroid dienone is 1. The Labute approximate surface area is 112 Å². The number of aromatic nitrogens is 3. The molecule has 0 unspecified atom stereocenters. The first-order valence-electron chi connectivity index (χ1n) is 4.68. The molecule has 0 bridgehead atoms. The molecule has 2 N–H and O–H groups in total. The lowest BCUT2D eigenvalue weighted by Gasteiger charge is -2.05. The van der Waals surface area contributed by atoms with E-state index in [-0.39, 0.29) is 24.0 Å². The van der Waals surface area contributed by atoms with Gasteiger partial charge < -0.3 is 10.6 Å². The van der Waals surface area contributed by atoms with Gasteiger partial charge in [-0.2, -0.15) is 0 Å². The quantitative estimate of drug-likeness (QED) is 0.361. The predicted molar refractivity (Wildman–Crippen MR) is 74.9 cm³/mol. The highest BCUT2D eigenvalue weighted by molar-refractivity contribution is 14.0. The number of nitrogens with one attached hydrogen (secondary N) is 2. The fourth-order valence-corrected chi connectivity index (χ4v) is 1.09. The summed E-state index contributed by atoms with van der Waals surface area (Å²) in [5, 5.41) is 13.9. The van der Waals surface area contributed by atoms with E-state index >= 15 is 0 Å². The van der Waals surface area contributed by atoms with Crippen LogP contribution in [0.2, 0.25) is 0 Å². The highest BCUT2D eigenvalue weighted by Crippen LogP contribution is 1.92. The van der Waals surface area contributed by atoms with Crippen LogP contribution in [0, 0.1) is 0 Å². The molecule has 16 heavy (non-hydrogen) atoms. The lowest BCUT2D eigenvalue weighted by Crippen LogP contribution is -2.34. The molecule has 0 amide bonds. The third-order valence-corrected chi connectivity index (χ3v) is 1.80. The first-order valence-corrected chi connectivity index (χ1v) is 4.68. The van der Waals surface area contributed by atoms with Crippen LogP contribution in [0.5, 0.6) is 0 Å². The van der Waals surface area contributed by atoms with Crippen molar-refractivity contribution in [1.29, 1.82) is 0 Å². The monoisotopic (exact) mass is 336 g/mol. The third-order valence-electron chi connectivity index (χ3n) is 1.80. The summed E-state index contributed by atoms with van der Waals surface area (Å²) in [6.07, 6.45) is 3.65. The largest absolute Gasteiger partial charge is 0.359 e. The summed E-state index contributed by atoms with van der Waals surface area (Å²) >= 11 is 0. The molecule has 0 radical (unpaired) electrons. The number of aliphatic imine (C=N–C) groups is 1. The second-order valence-corrected chi connectivity index (χ2v) is 2.90. The van der Waals surface area contributed by atoms with E-state index in [1.165, 1.54) is 0 Å². The van der Waals surface area contributed by atoms with Crippen molar-refractivity contribution in [2.75, 3.05) is 14.1 Å². The van der Waals surface area contributed by atoms with Crippen molar-refractivity contribution in [3.63, 3.8) is 0 Å². The maximum atomic E-state index is 4.00. The average Bonchev–Trinajstić information content (AvgIpc) is 2.68. The zero-order chi connectivity index (χ0) is 11.1. The van der Waals surface area contributed by atoms with Gasteiger partial charge in [-0.15, -0.1) is 35.7 Å². The Morgan fingerprint density at radius 2 is 2.44 bits per heavy atom. The second-order valence-electron chi connectivity index (χ2n) is 2.90. The van der Waals surface area contributed by atoms with Crippen LogP contribution >= 0.6 is 24.0 Å². The maximum absolute atomic E-state index is 4.00. The van der Waals surface area contributed by atoms with Gasteiger partial charge in [-0.25, -0.2) is 4.68 Å². The fraction of sp³-hybridized carbons (Fsp3) is 0.444. The zero-order valence-corrected chi connectivity index (χ0v) is 11.8. The molecule has 0 atom stereocenters. The topological polar surface area (TPSA) is 67.1 Å². The minimum atomic E-state index is 0. The molecule has 0 fully saturated rings. The van der Waals surface area contributed by atoms with E-state index in [4.69, 9.17) is 0 Å². The number of guanidine groups is 1. The Morgan fingerprint density at radius 3 is 3.00 bits per heavy atom. The van der Waals surface area contributed by atoms with Crippen LogP contribution in [-0.4, -0.2) is 35.0 Å². The molecular formula is C9H17IN6. The summed E-state index contributed by atoms with van der Waals surface area (Å²) in [4.78, 5) is 3.99. The fourth-order valence-electron chi connectivity index (χ4n) is 1.09. The summed E-state index contributed by atoms with van der Waals surface area (Å²) in [5.74, 6) is 0.730. The van der Waals surface area contributed by atoms with Gasteiger partial charge in [0.2, 0.25) is 0 Å².